The van der Waals surface area contributed by atoms with E-state index in [1.54, 1.807) is 6.42 Å². The second-order valence-electron chi connectivity index (χ2n) is 7.94. The molecule has 1 heterocycles. The molecule has 1 N–H and O–H groups in total. The maximum atomic E-state index is 3.76. The average molecular weight is 293 g/mol. The number of hydrogen-bond acceptors (Lipinski definition) is 2. The molecule has 0 aromatic rings. The number of hydrogen-bond donors (Lipinski definition) is 1. The predicted molar refractivity (Wildman–Crippen MR) is 90.6 cm³/mol. The van der Waals surface area contributed by atoms with Gasteiger partial charge in [-0.2, -0.15) is 0 Å². The Kier molecular flexibility index (Phi) is 6.42. The topological polar surface area (TPSA) is 15.3 Å². The monoisotopic (exact) mass is 292 g/mol. The third-order valence-corrected chi connectivity index (χ3v) is 6.36. The fraction of sp³-hybridized carbons (Fsp3) is 1.00. The van der Waals surface area contributed by atoms with Gasteiger partial charge in [-0.25, -0.2) is 0 Å². The van der Waals surface area contributed by atoms with E-state index < -0.39 is 0 Å². The zero-order valence-corrected chi connectivity index (χ0v) is 14.0. The quantitative estimate of drug-likeness (QED) is 0.743. The van der Waals surface area contributed by atoms with E-state index in [2.05, 4.69) is 10.2 Å². The minimum Gasteiger partial charge on any atom is -0.316 e. The van der Waals surface area contributed by atoms with Gasteiger partial charge in [0, 0.05) is 0 Å². The first kappa shape index (κ1) is 15.8. The first-order valence-corrected chi connectivity index (χ1v) is 9.85. The second kappa shape index (κ2) is 8.53. The summed E-state index contributed by atoms with van der Waals surface area (Å²) in [6.45, 7) is 6.56. The van der Waals surface area contributed by atoms with Crippen molar-refractivity contribution in [1.29, 1.82) is 0 Å². The van der Waals surface area contributed by atoms with Crippen LogP contribution in [0.4, 0.5) is 0 Å². The van der Waals surface area contributed by atoms with Crippen molar-refractivity contribution >= 4 is 0 Å². The Morgan fingerprint density at radius 2 is 1.62 bits per heavy atom. The van der Waals surface area contributed by atoms with Gasteiger partial charge in [-0.3, -0.25) is 0 Å². The summed E-state index contributed by atoms with van der Waals surface area (Å²) >= 11 is 0. The molecule has 21 heavy (non-hydrogen) atoms. The summed E-state index contributed by atoms with van der Waals surface area (Å²) in [5.74, 6) is 3.18. The molecule has 1 aliphatic heterocycles. The lowest BCUT2D eigenvalue weighted by atomic mass is 9.67. The SMILES string of the molecule is C1CCN(CCCNCC2CCC3CCCCC3C2)CC1. The predicted octanol–water partition coefficient (Wildman–Crippen LogP) is 4.06. The minimum absolute atomic E-state index is 0.985. The summed E-state index contributed by atoms with van der Waals surface area (Å²) in [5, 5.41) is 3.76. The van der Waals surface area contributed by atoms with Crippen LogP contribution in [0.1, 0.15) is 70.6 Å². The summed E-state index contributed by atoms with van der Waals surface area (Å²) in [5.41, 5.74) is 0. The lowest BCUT2D eigenvalue weighted by Crippen LogP contribution is -2.35. The van der Waals surface area contributed by atoms with Gasteiger partial charge in [-0.1, -0.05) is 32.1 Å². The van der Waals surface area contributed by atoms with Crippen molar-refractivity contribution in [3.05, 3.63) is 0 Å². The molecule has 122 valence electrons. The molecule has 2 nitrogen and oxygen atoms in total. The fourth-order valence-electron chi connectivity index (χ4n) is 5.07. The number of nitrogens with one attached hydrogen (secondary N) is 1. The Morgan fingerprint density at radius 3 is 2.48 bits per heavy atom. The number of piperidine rings is 1. The molecule has 3 fully saturated rings. The van der Waals surface area contributed by atoms with Crippen LogP contribution in [0.3, 0.4) is 0 Å². The summed E-state index contributed by atoms with van der Waals surface area (Å²) in [6.07, 6.45) is 16.3. The van der Waals surface area contributed by atoms with Crippen molar-refractivity contribution in [1.82, 2.24) is 10.2 Å². The first-order chi connectivity index (χ1) is 10.4. The van der Waals surface area contributed by atoms with Crippen molar-refractivity contribution in [3.8, 4) is 0 Å². The molecule has 0 amide bonds. The van der Waals surface area contributed by atoms with Crippen molar-refractivity contribution in [2.45, 2.75) is 70.6 Å². The van der Waals surface area contributed by atoms with Gasteiger partial charge in [-0.05, 0) is 89.0 Å². The van der Waals surface area contributed by atoms with Crippen LogP contribution in [-0.4, -0.2) is 37.6 Å². The zero-order chi connectivity index (χ0) is 14.3. The summed E-state index contributed by atoms with van der Waals surface area (Å²) in [7, 11) is 0. The van der Waals surface area contributed by atoms with Gasteiger partial charge >= 0.3 is 0 Å². The molecule has 2 aliphatic carbocycles. The third-order valence-electron chi connectivity index (χ3n) is 6.36. The minimum atomic E-state index is 0.985. The summed E-state index contributed by atoms with van der Waals surface area (Å²) in [6, 6.07) is 0. The smallest absolute Gasteiger partial charge is 0.000664 e. The standard InChI is InChI=1S/C19H36N2/c1-4-12-21(13-5-1)14-6-11-20-16-17-9-10-18-7-2-3-8-19(18)15-17/h17-20H,1-16H2. The van der Waals surface area contributed by atoms with Crippen LogP contribution >= 0.6 is 0 Å². The molecule has 0 radical (unpaired) electrons. The van der Waals surface area contributed by atoms with E-state index in [9.17, 15) is 0 Å². The molecule has 3 unspecified atom stereocenters. The van der Waals surface area contributed by atoms with E-state index in [0.717, 1.165) is 17.8 Å². The number of likely N-dealkylation sites (tertiary alicyclic amines) is 1. The van der Waals surface area contributed by atoms with Gasteiger partial charge in [-0.15, -0.1) is 0 Å². The van der Waals surface area contributed by atoms with Crippen molar-refractivity contribution < 1.29 is 0 Å². The first-order valence-electron chi connectivity index (χ1n) is 9.85. The van der Waals surface area contributed by atoms with Crippen LogP contribution in [-0.2, 0) is 0 Å². The third kappa shape index (κ3) is 4.96. The highest BCUT2D eigenvalue weighted by molar-refractivity contribution is 4.83. The van der Waals surface area contributed by atoms with Crippen LogP contribution < -0.4 is 5.32 Å². The summed E-state index contributed by atoms with van der Waals surface area (Å²) in [4.78, 5) is 2.67. The Morgan fingerprint density at radius 1 is 0.810 bits per heavy atom. The van der Waals surface area contributed by atoms with Crippen molar-refractivity contribution in [3.63, 3.8) is 0 Å². The van der Waals surface area contributed by atoms with Crippen LogP contribution in [0.5, 0.6) is 0 Å². The van der Waals surface area contributed by atoms with E-state index in [1.165, 1.54) is 96.9 Å². The lowest BCUT2D eigenvalue weighted by Gasteiger charge is -2.39. The molecule has 3 rings (SSSR count). The Hall–Kier alpha value is -0.0800. The van der Waals surface area contributed by atoms with Gasteiger partial charge in [0.2, 0.25) is 0 Å². The van der Waals surface area contributed by atoms with Crippen molar-refractivity contribution in [2.24, 2.45) is 17.8 Å². The van der Waals surface area contributed by atoms with E-state index in [-0.39, 0.29) is 0 Å². The van der Waals surface area contributed by atoms with E-state index in [1.807, 2.05) is 0 Å². The van der Waals surface area contributed by atoms with Crippen LogP contribution in [0.2, 0.25) is 0 Å². The van der Waals surface area contributed by atoms with Gasteiger partial charge in [0.1, 0.15) is 0 Å². The normalized spacial score (nSPS) is 34.6. The maximum absolute atomic E-state index is 3.76. The number of nitrogens with zero attached hydrogens (tertiary/aromatic N) is 1. The van der Waals surface area contributed by atoms with Crippen molar-refractivity contribution in [2.75, 3.05) is 32.7 Å². The summed E-state index contributed by atoms with van der Waals surface area (Å²) < 4.78 is 0. The number of rotatable bonds is 6. The highest BCUT2D eigenvalue weighted by atomic mass is 15.1. The van der Waals surface area contributed by atoms with Gasteiger partial charge in [0.05, 0.1) is 0 Å². The lowest BCUT2D eigenvalue weighted by molar-refractivity contribution is 0.128. The fourth-order valence-corrected chi connectivity index (χ4v) is 5.07. The van der Waals surface area contributed by atoms with Crippen LogP contribution in [0.15, 0.2) is 0 Å². The average Bonchev–Trinajstić information content (AvgIpc) is 2.55. The van der Waals surface area contributed by atoms with Gasteiger partial charge < -0.3 is 10.2 Å². The van der Waals surface area contributed by atoms with Crippen LogP contribution in [0, 0.1) is 17.8 Å². The second-order valence-corrected chi connectivity index (χ2v) is 7.94. The highest BCUT2D eigenvalue weighted by Crippen LogP contribution is 2.42. The Bertz CT molecular complexity index is 285. The highest BCUT2D eigenvalue weighted by Gasteiger charge is 2.31. The molecular weight excluding hydrogens is 256 g/mol. The Labute approximate surface area is 132 Å². The molecule has 2 saturated carbocycles. The van der Waals surface area contributed by atoms with Gasteiger partial charge in [0.15, 0.2) is 0 Å². The van der Waals surface area contributed by atoms with E-state index in [0.29, 0.717) is 0 Å². The molecule has 0 spiro atoms. The molecular formula is C19H36N2. The Balaban J connectivity index is 1.24. The molecule has 0 aromatic heterocycles. The molecule has 0 aromatic carbocycles. The van der Waals surface area contributed by atoms with E-state index in [4.69, 9.17) is 0 Å². The van der Waals surface area contributed by atoms with E-state index >= 15 is 0 Å². The molecule has 1 saturated heterocycles. The zero-order valence-electron chi connectivity index (χ0n) is 14.0. The molecule has 3 atom stereocenters. The molecule has 0 bridgehead atoms. The largest absolute Gasteiger partial charge is 0.316 e. The van der Waals surface area contributed by atoms with Gasteiger partial charge in [0.25, 0.3) is 0 Å². The molecule has 2 heteroatoms. The maximum Gasteiger partial charge on any atom is -0.000664 e. The number of fused-ring (bicyclic) bond motifs is 1. The van der Waals surface area contributed by atoms with Crippen LogP contribution in [0.25, 0.3) is 0 Å². The molecule has 3 aliphatic rings.